The fourth-order valence-electron chi connectivity index (χ4n) is 2.79. The summed E-state index contributed by atoms with van der Waals surface area (Å²) in [5.41, 5.74) is 3.13. The van der Waals surface area contributed by atoms with E-state index < -0.39 is 10.0 Å². The lowest BCUT2D eigenvalue weighted by Gasteiger charge is -2.05. The minimum absolute atomic E-state index is 0.0652. The molecule has 0 bridgehead atoms. The molecule has 0 aliphatic carbocycles. The molecule has 2 aromatic carbocycles. The van der Waals surface area contributed by atoms with Gasteiger partial charge < -0.3 is 5.11 Å². The number of benzene rings is 2. The lowest BCUT2D eigenvalue weighted by molar-refractivity contribution is 0.478. The number of aromatic hydroxyl groups is 1. The van der Waals surface area contributed by atoms with E-state index in [1.807, 2.05) is 24.4 Å². The molecule has 3 N–H and O–H groups in total. The van der Waals surface area contributed by atoms with Gasteiger partial charge in [-0.05, 0) is 42.3 Å². The van der Waals surface area contributed by atoms with Crippen molar-refractivity contribution >= 4 is 55.8 Å². The lowest BCUT2D eigenvalue weighted by Crippen LogP contribution is -2.12. The molecule has 3 aromatic rings. The molecule has 5 nitrogen and oxygen atoms in total. The molecule has 3 rings (SSSR count). The number of primary sulfonamides is 1. The molecule has 30 heavy (non-hydrogen) atoms. The zero-order chi connectivity index (χ0) is 21.9. The van der Waals surface area contributed by atoms with E-state index in [0.29, 0.717) is 34.1 Å². The van der Waals surface area contributed by atoms with Crippen molar-refractivity contribution in [2.75, 3.05) is 6.54 Å². The van der Waals surface area contributed by atoms with Gasteiger partial charge in [0.05, 0.1) is 16.3 Å². The van der Waals surface area contributed by atoms with Gasteiger partial charge in [-0.3, -0.25) is 4.99 Å². The van der Waals surface area contributed by atoms with Gasteiger partial charge in [-0.1, -0.05) is 48.1 Å². The molecule has 0 spiro atoms. The van der Waals surface area contributed by atoms with E-state index >= 15 is 0 Å². The molecular formula is C21H19ClN2O3S3. The Morgan fingerprint density at radius 1 is 1.17 bits per heavy atom. The molecule has 0 fully saturated rings. The first-order valence-electron chi connectivity index (χ1n) is 8.86. The third kappa shape index (κ3) is 5.53. The molecule has 1 heterocycles. The maximum Gasteiger partial charge on any atom is 0.238 e. The highest BCUT2D eigenvalue weighted by Crippen LogP contribution is 2.39. The number of hydrogen-bond donors (Lipinski definition) is 2. The Hall–Kier alpha value is -2.10. The largest absolute Gasteiger partial charge is 0.506 e. The van der Waals surface area contributed by atoms with Crippen LogP contribution in [0.25, 0.3) is 10.4 Å². The standard InChI is InChI=1S/C21H19ClN2O3S3/c1-13(19-12-29-21(20(19)25)15-4-6-16(22)7-5-15)24-11-17(28)10-14-2-8-18(9-3-14)30(23,26)27/h2-9,12,25H,10-11H2,1H3,(H2,23,26,27). The Balaban J connectivity index is 1.67. The third-order valence-electron chi connectivity index (χ3n) is 4.41. The maximum atomic E-state index is 11.3. The number of thiophene rings is 1. The lowest BCUT2D eigenvalue weighted by atomic mass is 10.1. The first-order valence-corrected chi connectivity index (χ1v) is 12.1. The minimum atomic E-state index is -3.71. The summed E-state index contributed by atoms with van der Waals surface area (Å²) in [4.78, 5) is 6.04. The van der Waals surface area contributed by atoms with E-state index in [4.69, 9.17) is 29.0 Å². The fourth-order valence-corrected chi connectivity index (χ4v) is 4.67. The summed E-state index contributed by atoms with van der Waals surface area (Å²) in [6.45, 7) is 2.15. The number of rotatable bonds is 7. The summed E-state index contributed by atoms with van der Waals surface area (Å²) in [6.07, 6.45) is 0.489. The summed E-state index contributed by atoms with van der Waals surface area (Å²) >= 11 is 12.8. The highest BCUT2D eigenvalue weighted by molar-refractivity contribution is 7.89. The molecule has 0 aliphatic rings. The Morgan fingerprint density at radius 3 is 2.40 bits per heavy atom. The molecule has 156 valence electrons. The van der Waals surface area contributed by atoms with Crippen molar-refractivity contribution in [2.24, 2.45) is 10.1 Å². The van der Waals surface area contributed by atoms with Gasteiger partial charge in [-0.2, -0.15) is 0 Å². The van der Waals surface area contributed by atoms with Crippen LogP contribution in [0.1, 0.15) is 18.1 Å². The third-order valence-corrected chi connectivity index (χ3v) is 6.88. The number of halogens is 1. The van der Waals surface area contributed by atoms with Gasteiger partial charge in [0.25, 0.3) is 0 Å². The van der Waals surface area contributed by atoms with Gasteiger partial charge in [-0.25, -0.2) is 13.6 Å². The number of nitrogens with zero attached hydrogens (tertiary/aromatic N) is 1. The molecule has 0 atom stereocenters. The molecular weight excluding hydrogens is 460 g/mol. The SMILES string of the molecule is CC(=NCC(=S)Cc1ccc(S(N)(=O)=O)cc1)c1csc(-c2ccc(Cl)cc2)c1O. The summed E-state index contributed by atoms with van der Waals surface area (Å²) in [7, 11) is -3.71. The monoisotopic (exact) mass is 478 g/mol. The van der Waals surface area contributed by atoms with Crippen molar-refractivity contribution in [3.05, 3.63) is 70.1 Å². The zero-order valence-corrected chi connectivity index (χ0v) is 19.2. The highest BCUT2D eigenvalue weighted by Gasteiger charge is 2.14. The van der Waals surface area contributed by atoms with Crippen molar-refractivity contribution in [3.63, 3.8) is 0 Å². The van der Waals surface area contributed by atoms with Crippen LogP contribution in [0, 0.1) is 0 Å². The number of hydrogen-bond acceptors (Lipinski definition) is 6. The van der Waals surface area contributed by atoms with Crippen LogP contribution in [-0.2, 0) is 16.4 Å². The molecule has 9 heteroatoms. The van der Waals surface area contributed by atoms with Gasteiger partial charge in [0.1, 0.15) is 5.75 Å². The van der Waals surface area contributed by atoms with Crippen molar-refractivity contribution in [1.29, 1.82) is 0 Å². The van der Waals surface area contributed by atoms with Crippen LogP contribution in [0.4, 0.5) is 0 Å². The van der Waals surface area contributed by atoms with Crippen molar-refractivity contribution < 1.29 is 13.5 Å². The second kappa shape index (κ2) is 9.36. The van der Waals surface area contributed by atoms with Crippen LogP contribution in [-0.4, -0.2) is 30.6 Å². The van der Waals surface area contributed by atoms with Gasteiger partial charge >= 0.3 is 0 Å². The van der Waals surface area contributed by atoms with E-state index in [1.54, 1.807) is 24.3 Å². The Kier molecular flexibility index (Phi) is 7.05. The normalized spacial score (nSPS) is 12.2. The van der Waals surface area contributed by atoms with Crippen LogP contribution >= 0.6 is 35.2 Å². The van der Waals surface area contributed by atoms with Gasteiger partial charge in [0.15, 0.2) is 0 Å². The average molecular weight is 479 g/mol. The Labute approximate surface area is 189 Å². The van der Waals surface area contributed by atoms with Crippen LogP contribution in [0.2, 0.25) is 5.02 Å². The van der Waals surface area contributed by atoms with Gasteiger partial charge in [0.2, 0.25) is 10.0 Å². The number of aliphatic imine (C=N–C) groups is 1. The molecule has 0 radical (unpaired) electrons. The van der Waals surface area contributed by atoms with Crippen molar-refractivity contribution in [3.8, 4) is 16.2 Å². The first kappa shape index (κ1) is 22.6. The van der Waals surface area contributed by atoms with E-state index in [2.05, 4.69) is 4.99 Å². The minimum Gasteiger partial charge on any atom is -0.506 e. The second-order valence-electron chi connectivity index (χ2n) is 6.64. The van der Waals surface area contributed by atoms with Gasteiger partial charge in [0, 0.05) is 33.0 Å². The fraction of sp³-hybridized carbons (Fsp3) is 0.143. The molecule has 0 aliphatic heterocycles. The van der Waals surface area contributed by atoms with Crippen LogP contribution in [0.5, 0.6) is 5.75 Å². The van der Waals surface area contributed by atoms with E-state index in [0.717, 1.165) is 16.0 Å². The number of nitrogens with two attached hydrogens (primary N) is 1. The predicted molar refractivity (Wildman–Crippen MR) is 128 cm³/mol. The van der Waals surface area contributed by atoms with Crippen molar-refractivity contribution in [2.45, 2.75) is 18.2 Å². The predicted octanol–water partition coefficient (Wildman–Crippen LogP) is 4.84. The maximum absolute atomic E-state index is 11.3. The van der Waals surface area contributed by atoms with Crippen LogP contribution in [0.3, 0.4) is 0 Å². The van der Waals surface area contributed by atoms with Crippen molar-refractivity contribution in [1.82, 2.24) is 0 Å². The Bertz CT molecular complexity index is 1200. The van der Waals surface area contributed by atoms with Gasteiger partial charge in [-0.15, -0.1) is 11.3 Å². The molecule has 0 saturated heterocycles. The summed E-state index contributed by atoms with van der Waals surface area (Å²) in [6, 6.07) is 13.6. The van der Waals surface area contributed by atoms with Crippen LogP contribution in [0.15, 0.2) is 63.8 Å². The summed E-state index contributed by atoms with van der Waals surface area (Å²) in [5.74, 6) is 0.188. The quantitative estimate of drug-likeness (QED) is 0.375. The topological polar surface area (TPSA) is 92.8 Å². The molecule has 0 unspecified atom stereocenters. The molecule has 0 amide bonds. The highest BCUT2D eigenvalue weighted by atomic mass is 35.5. The van der Waals surface area contributed by atoms with Crippen LogP contribution < -0.4 is 5.14 Å². The number of sulfonamides is 1. The first-order chi connectivity index (χ1) is 14.1. The second-order valence-corrected chi connectivity index (χ2v) is 10.1. The Morgan fingerprint density at radius 2 is 1.80 bits per heavy atom. The van der Waals surface area contributed by atoms with E-state index in [-0.39, 0.29) is 10.6 Å². The van der Waals surface area contributed by atoms with E-state index in [1.165, 1.54) is 23.5 Å². The smallest absolute Gasteiger partial charge is 0.238 e. The average Bonchev–Trinajstić information content (AvgIpc) is 3.08. The zero-order valence-electron chi connectivity index (χ0n) is 16.0. The van der Waals surface area contributed by atoms with E-state index in [9.17, 15) is 13.5 Å². The number of thiocarbonyl (C=S) groups is 1. The summed E-state index contributed by atoms with van der Waals surface area (Å²) < 4.78 is 22.6. The molecule has 1 aromatic heterocycles. The summed E-state index contributed by atoms with van der Waals surface area (Å²) in [5, 5.41) is 18.2. The molecule has 0 saturated carbocycles.